The van der Waals surface area contributed by atoms with Crippen LogP contribution < -0.4 is 5.32 Å². The summed E-state index contributed by atoms with van der Waals surface area (Å²) in [6, 6.07) is -0.102. The van der Waals surface area contributed by atoms with Crippen LogP contribution in [0.4, 0.5) is 0 Å². The lowest BCUT2D eigenvalue weighted by Crippen LogP contribution is -2.39. The molecule has 0 saturated heterocycles. The first kappa shape index (κ1) is 14.1. The number of hydrogen-bond donors (Lipinski definition) is 1. The Morgan fingerprint density at radius 1 is 1.53 bits per heavy atom. The van der Waals surface area contributed by atoms with Crippen LogP contribution in [0.15, 0.2) is 0 Å². The average Bonchev–Trinajstić information content (AvgIpc) is 2.25. The molecule has 0 heterocycles. The average molecular weight is 237 g/mol. The Bertz CT molecular complexity index is 276. The highest BCUT2D eigenvalue weighted by molar-refractivity contribution is 5.77. The van der Waals surface area contributed by atoms with Gasteiger partial charge in [0.05, 0.1) is 12.1 Å². The monoisotopic (exact) mass is 237 g/mol. The van der Waals surface area contributed by atoms with Crippen LogP contribution >= 0.6 is 0 Å². The molecule has 0 aromatic heterocycles. The smallest absolute Gasteiger partial charge is 0.221 e. The van der Waals surface area contributed by atoms with Gasteiger partial charge < -0.3 is 10.1 Å². The third kappa shape index (κ3) is 4.79. The lowest BCUT2D eigenvalue weighted by Gasteiger charge is -2.34. The van der Waals surface area contributed by atoms with Crippen LogP contribution in [-0.4, -0.2) is 24.7 Å². The minimum absolute atomic E-state index is 0.0846. The Balaban J connectivity index is 2.16. The van der Waals surface area contributed by atoms with E-state index in [1.54, 1.807) is 0 Å². The Labute approximate surface area is 104 Å². The van der Waals surface area contributed by atoms with Crippen molar-refractivity contribution >= 4 is 5.91 Å². The molecule has 1 saturated carbocycles. The van der Waals surface area contributed by atoms with Gasteiger partial charge in [0.25, 0.3) is 0 Å². The van der Waals surface area contributed by atoms with E-state index in [0.29, 0.717) is 18.4 Å². The summed E-state index contributed by atoms with van der Waals surface area (Å²) in [4.78, 5) is 11.7. The van der Waals surface area contributed by atoms with Gasteiger partial charge in [-0.05, 0) is 32.1 Å². The van der Waals surface area contributed by atoms with Crippen molar-refractivity contribution in [2.24, 2.45) is 5.92 Å². The van der Waals surface area contributed by atoms with Gasteiger partial charge in [-0.2, -0.15) is 0 Å². The highest BCUT2D eigenvalue weighted by Gasteiger charge is 2.31. The number of ether oxygens (including phenoxy) is 1. The number of amides is 1. The molecule has 0 aromatic carbocycles. The summed E-state index contributed by atoms with van der Waals surface area (Å²) in [7, 11) is 0. The van der Waals surface area contributed by atoms with Gasteiger partial charge in [-0.15, -0.1) is 6.42 Å². The molecule has 1 unspecified atom stereocenters. The van der Waals surface area contributed by atoms with Gasteiger partial charge in [-0.1, -0.05) is 19.3 Å². The maximum atomic E-state index is 11.7. The van der Waals surface area contributed by atoms with E-state index >= 15 is 0 Å². The van der Waals surface area contributed by atoms with Crippen LogP contribution in [0.5, 0.6) is 0 Å². The minimum atomic E-state index is -0.102. The standard InChI is InChI=1S/C14H23NO2/c1-4-7-12(5-2)15-14(16)10-11-8-13(9-11)17-6-3/h2,11-13H,4,6-10H2,1,3H3,(H,15,16). The largest absolute Gasteiger partial charge is 0.378 e. The van der Waals surface area contributed by atoms with Gasteiger partial charge in [0.1, 0.15) is 0 Å². The van der Waals surface area contributed by atoms with Crippen molar-refractivity contribution in [1.82, 2.24) is 5.32 Å². The first-order valence-electron chi connectivity index (χ1n) is 6.56. The zero-order valence-corrected chi connectivity index (χ0v) is 10.9. The molecule has 1 aliphatic rings. The molecule has 1 aliphatic carbocycles. The summed E-state index contributed by atoms with van der Waals surface area (Å²) in [5.41, 5.74) is 0. The molecule has 96 valence electrons. The zero-order valence-electron chi connectivity index (χ0n) is 10.9. The lowest BCUT2D eigenvalue weighted by molar-refractivity contribution is -0.124. The van der Waals surface area contributed by atoms with Crippen molar-refractivity contribution in [3.63, 3.8) is 0 Å². The zero-order chi connectivity index (χ0) is 12.7. The van der Waals surface area contributed by atoms with E-state index in [4.69, 9.17) is 11.2 Å². The second-order valence-corrected chi connectivity index (χ2v) is 4.69. The quantitative estimate of drug-likeness (QED) is 0.689. The van der Waals surface area contributed by atoms with Crippen LogP contribution in [0.3, 0.4) is 0 Å². The van der Waals surface area contributed by atoms with E-state index in [1.165, 1.54) is 0 Å². The molecule has 3 nitrogen and oxygen atoms in total. The van der Waals surface area contributed by atoms with Gasteiger partial charge in [0.2, 0.25) is 5.91 Å². The molecule has 17 heavy (non-hydrogen) atoms. The SMILES string of the molecule is C#CC(CCC)NC(=O)CC1CC(OCC)C1. The number of terminal acetylenes is 1. The molecule has 0 aliphatic heterocycles. The maximum absolute atomic E-state index is 11.7. The molecule has 3 heteroatoms. The molecule has 0 spiro atoms. The van der Waals surface area contributed by atoms with Gasteiger partial charge in [-0.3, -0.25) is 4.79 Å². The maximum Gasteiger partial charge on any atom is 0.221 e. The number of hydrogen-bond acceptors (Lipinski definition) is 2. The van der Waals surface area contributed by atoms with E-state index in [9.17, 15) is 4.79 Å². The van der Waals surface area contributed by atoms with E-state index in [0.717, 1.165) is 32.3 Å². The number of carbonyl (C=O) groups is 1. The first-order valence-corrected chi connectivity index (χ1v) is 6.56. The minimum Gasteiger partial charge on any atom is -0.378 e. The van der Waals surface area contributed by atoms with Crippen LogP contribution in [0.25, 0.3) is 0 Å². The van der Waals surface area contributed by atoms with Crippen LogP contribution in [-0.2, 0) is 9.53 Å². The molecule has 0 aromatic rings. The summed E-state index contributed by atoms with van der Waals surface area (Å²) in [6.07, 6.45) is 10.2. The molecular formula is C14H23NO2. The van der Waals surface area contributed by atoms with E-state index < -0.39 is 0 Å². The Morgan fingerprint density at radius 3 is 2.76 bits per heavy atom. The predicted molar refractivity (Wildman–Crippen MR) is 68.4 cm³/mol. The van der Waals surface area contributed by atoms with E-state index in [2.05, 4.69) is 18.2 Å². The van der Waals surface area contributed by atoms with Crippen molar-refractivity contribution < 1.29 is 9.53 Å². The van der Waals surface area contributed by atoms with Gasteiger partial charge in [-0.25, -0.2) is 0 Å². The van der Waals surface area contributed by atoms with Crippen LogP contribution in [0, 0.1) is 18.3 Å². The Hall–Kier alpha value is -1.01. The second kappa shape index (κ2) is 7.34. The summed E-state index contributed by atoms with van der Waals surface area (Å²) in [5, 5.41) is 2.90. The molecular weight excluding hydrogens is 214 g/mol. The number of rotatable bonds is 7. The van der Waals surface area contributed by atoms with Gasteiger partial charge >= 0.3 is 0 Å². The third-order valence-electron chi connectivity index (χ3n) is 3.18. The van der Waals surface area contributed by atoms with Crippen molar-refractivity contribution in [2.75, 3.05) is 6.61 Å². The number of carbonyl (C=O) groups excluding carboxylic acids is 1. The molecule has 0 radical (unpaired) electrons. The van der Waals surface area contributed by atoms with Crippen molar-refractivity contribution in [2.45, 2.75) is 58.1 Å². The molecule has 1 atom stereocenters. The normalized spacial score (nSPS) is 24.5. The van der Waals surface area contributed by atoms with Crippen LogP contribution in [0.1, 0.15) is 46.0 Å². The summed E-state index contributed by atoms with van der Waals surface area (Å²) in [6.45, 7) is 4.83. The molecule has 1 N–H and O–H groups in total. The first-order chi connectivity index (χ1) is 8.19. The van der Waals surface area contributed by atoms with E-state index in [1.807, 2.05) is 6.92 Å². The molecule has 1 rings (SSSR count). The van der Waals surface area contributed by atoms with Crippen molar-refractivity contribution in [1.29, 1.82) is 0 Å². The highest BCUT2D eigenvalue weighted by Crippen LogP contribution is 2.32. The molecule has 1 amide bonds. The fourth-order valence-electron chi connectivity index (χ4n) is 2.21. The van der Waals surface area contributed by atoms with Crippen molar-refractivity contribution in [3.05, 3.63) is 0 Å². The summed E-state index contributed by atoms with van der Waals surface area (Å²) < 4.78 is 5.47. The second-order valence-electron chi connectivity index (χ2n) is 4.69. The lowest BCUT2D eigenvalue weighted by atomic mass is 9.80. The molecule has 1 fully saturated rings. The highest BCUT2D eigenvalue weighted by atomic mass is 16.5. The van der Waals surface area contributed by atoms with Crippen molar-refractivity contribution in [3.8, 4) is 12.3 Å². The van der Waals surface area contributed by atoms with Crippen LogP contribution in [0.2, 0.25) is 0 Å². The predicted octanol–water partition coefficient (Wildman–Crippen LogP) is 2.11. The van der Waals surface area contributed by atoms with E-state index in [-0.39, 0.29) is 11.9 Å². The fourth-order valence-corrected chi connectivity index (χ4v) is 2.21. The van der Waals surface area contributed by atoms with Gasteiger partial charge in [0.15, 0.2) is 0 Å². The Kier molecular flexibility index (Phi) is 6.07. The summed E-state index contributed by atoms with van der Waals surface area (Å²) in [5.74, 6) is 3.18. The van der Waals surface area contributed by atoms with Gasteiger partial charge in [0, 0.05) is 13.0 Å². The fraction of sp³-hybridized carbons (Fsp3) is 0.786. The summed E-state index contributed by atoms with van der Waals surface area (Å²) >= 11 is 0. The third-order valence-corrected chi connectivity index (χ3v) is 3.18. The Morgan fingerprint density at radius 2 is 2.24 bits per heavy atom. The topological polar surface area (TPSA) is 38.3 Å². The molecule has 0 bridgehead atoms. The number of nitrogens with one attached hydrogen (secondary N) is 1.